The van der Waals surface area contributed by atoms with E-state index in [0.717, 1.165) is 5.56 Å². The van der Waals surface area contributed by atoms with E-state index in [-0.39, 0.29) is 4.90 Å². The topological polar surface area (TPSA) is 135 Å². The molecule has 0 fully saturated rings. The highest BCUT2D eigenvalue weighted by atomic mass is 32.2. The van der Waals surface area contributed by atoms with Crippen molar-refractivity contribution in [2.75, 3.05) is 26.2 Å². The molecule has 1 aromatic rings. The molecule has 0 aliphatic carbocycles. The molecule has 5 N–H and O–H groups in total. The lowest BCUT2D eigenvalue weighted by molar-refractivity contribution is 0.0529. The number of hydrogen-bond donors (Lipinski definition) is 4. The number of carbonyl (C=O) groups is 1. The van der Waals surface area contributed by atoms with E-state index < -0.39 is 21.7 Å². The predicted octanol–water partition coefficient (Wildman–Crippen LogP) is 0.956. The van der Waals surface area contributed by atoms with E-state index >= 15 is 0 Å². The number of carbonyl (C=O) groups excluding carboxylic acids is 1. The number of benzene rings is 1. The van der Waals surface area contributed by atoms with Crippen LogP contribution >= 0.6 is 0 Å². The summed E-state index contributed by atoms with van der Waals surface area (Å²) in [6, 6.07) is 6.42. The first kappa shape index (κ1) is 23.7. The smallest absolute Gasteiger partial charge is 0.407 e. The Bertz CT molecular complexity index is 755. The molecule has 0 bridgehead atoms. The third-order valence-electron chi connectivity index (χ3n) is 3.35. The molecule has 28 heavy (non-hydrogen) atoms. The Balaban J connectivity index is 2.44. The summed E-state index contributed by atoms with van der Waals surface area (Å²) in [7, 11) is -3.68. The normalized spacial score (nSPS) is 12.4. The van der Waals surface area contributed by atoms with Crippen molar-refractivity contribution in [2.24, 2.45) is 10.1 Å². The van der Waals surface area contributed by atoms with E-state index in [1.54, 1.807) is 12.1 Å². The Labute approximate surface area is 167 Å². The molecule has 1 aromatic carbocycles. The third-order valence-corrected chi connectivity index (χ3v) is 4.28. The van der Waals surface area contributed by atoms with Crippen LogP contribution in [0.4, 0.5) is 4.79 Å². The SMILES string of the molecule is CCNC(=NCCc1ccc(S(N)(=O)=O)cc1)NCCNC(=O)OC(C)(C)C. The van der Waals surface area contributed by atoms with Crippen molar-refractivity contribution in [1.82, 2.24) is 16.0 Å². The third kappa shape index (κ3) is 10.1. The zero-order valence-corrected chi connectivity index (χ0v) is 17.7. The van der Waals surface area contributed by atoms with Gasteiger partial charge in [-0.15, -0.1) is 0 Å². The fourth-order valence-corrected chi connectivity index (χ4v) is 2.66. The van der Waals surface area contributed by atoms with Crippen LogP contribution in [0.1, 0.15) is 33.3 Å². The van der Waals surface area contributed by atoms with Gasteiger partial charge in [0.25, 0.3) is 0 Å². The Morgan fingerprint density at radius 3 is 2.25 bits per heavy atom. The van der Waals surface area contributed by atoms with Crippen molar-refractivity contribution in [3.8, 4) is 0 Å². The van der Waals surface area contributed by atoms with Gasteiger partial charge >= 0.3 is 6.09 Å². The number of sulfonamides is 1. The van der Waals surface area contributed by atoms with Gasteiger partial charge in [0.15, 0.2) is 5.96 Å². The van der Waals surface area contributed by atoms with Crippen LogP contribution in [-0.2, 0) is 21.2 Å². The van der Waals surface area contributed by atoms with Crippen LogP contribution in [0.3, 0.4) is 0 Å². The van der Waals surface area contributed by atoms with Gasteiger partial charge < -0.3 is 20.7 Å². The van der Waals surface area contributed by atoms with E-state index in [2.05, 4.69) is 20.9 Å². The summed E-state index contributed by atoms with van der Waals surface area (Å²) in [6.07, 6.45) is 0.191. The monoisotopic (exact) mass is 413 g/mol. The van der Waals surface area contributed by atoms with Gasteiger partial charge in [-0.05, 0) is 51.8 Å². The molecule has 158 valence electrons. The molecule has 0 saturated carbocycles. The molecule has 0 radical (unpaired) electrons. The van der Waals surface area contributed by atoms with Gasteiger partial charge in [-0.25, -0.2) is 18.4 Å². The number of nitrogens with two attached hydrogens (primary N) is 1. The van der Waals surface area contributed by atoms with Crippen LogP contribution in [0.5, 0.6) is 0 Å². The number of nitrogens with zero attached hydrogens (tertiary/aromatic N) is 1. The van der Waals surface area contributed by atoms with Crippen molar-refractivity contribution in [3.63, 3.8) is 0 Å². The Morgan fingerprint density at radius 2 is 1.71 bits per heavy atom. The summed E-state index contributed by atoms with van der Waals surface area (Å²) < 4.78 is 27.7. The van der Waals surface area contributed by atoms with Gasteiger partial charge in [-0.2, -0.15) is 0 Å². The van der Waals surface area contributed by atoms with Crippen molar-refractivity contribution in [1.29, 1.82) is 0 Å². The number of guanidine groups is 1. The highest BCUT2D eigenvalue weighted by Crippen LogP contribution is 2.09. The number of hydrogen-bond acceptors (Lipinski definition) is 5. The van der Waals surface area contributed by atoms with Crippen molar-refractivity contribution in [2.45, 2.75) is 44.6 Å². The van der Waals surface area contributed by atoms with Gasteiger partial charge in [0.1, 0.15) is 5.60 Å². The molecule has 0 heterocycles. The van der Waals surface area contributed by atoms with Crippen LogP contribution in [0.15, 0.2) is 34.2 Å². The largest absolute Gasteiger partial charge is 0.444 e. The maximum absolute atomic E-state index is 11.6. The zero-order valence-electron chi connectivity index (χ0n) is 16.9. The highest BCUT2D eigenvalue weighted by molar-refractivity contribution is 7.89. The standard InChI is InChI=1S/C18H31N5O4S/c1-5-20-16(22-12-13-23-17(24)27-18(2,3)4)21-11-10-14-6-8-15(9-7-14)28(19,25)26/h6-9H,5,10-13H2,1-4H3,(H,23,24)(H2,19,25,26)(H2,20,21,22). The molecular weight excluding hydrogens is 382 g/mol. The average Bonchev–Trinajstić information content (AvgIpc) is 2.56. The summed E-state index contributed by atoms with van der Waals surface area (Å²) in [5, 5.41) is 14.0. The quantitative estimate of drug-likeness (QED) is 0.285. The fraction of sp³-hybridized carbons (Fsp3) is 0.556. The van der Waals surface area contributed by atoms with Crippen molar-refractivity contribution in [3.05, 3.63) is 29.8 Å². The molecule has 10 heteroatoms. The molecule has 0 spiro atoms. The van der Waals surface area contributed by atoms with Gasteiger partial charge in [0.05, 0.1) is 4.90 Å². The van der Waals surface area contributed by atoms with Crippen LogP contribution < -0.4 is 21.1 Å². The first-order valence-electron chi connectivity index (χ1n) is 9.12. The van der Waals surface area contributed by atoms with Crippen molar-refractivity contribution < 1.29 is 17.9 Å². The lowest BCUT2D eigenvalue weighted by Crippen LogP contribution is -2.42. The average molecular weight is 414 g/mol. The molecule has 0 atom stereocenters. The second kappa shape index (κ2) is 10.9. The van der Waals surface area contributed by atoms with Gasteiger partial charge in [0, 0.05) is 26.2 Å². The predicted molar refractivity (Wildman–Crippen MR) is 110 cm³/mol. The minimum absolute atomic E-state index is 0.0900. The molecule has 1 rings (SSSR count). The van der Waals surface area contributed by atoms with Crippen LogP contribution in [0, 0.1) is 0 Å². The maximum atomic E-state index is 11.6. The summed E-state index contributed by atoms with van der Waals surface area (Å²) in [5.41, 5.74) is 0.430. The molecule has 0 unspecified atom stereocenters. The molecule has 0 aromatic heterocycles. The van der Waals surface area contributed by atoms with E-state index in [9.17, 15) is 13.2 Å². The first-order chi connectivity index (χ1) is 13.0. The van der Waals surface area contributed by atoms with E-state index in [4.69, 9.17) is 9.88 Å². The van der Waals surface area contributed by atoms with Gasteiger partial charge in [-0.1, -0.05) is 12.1 Å². The summed E-state index contributed by atoms with van der Waals surface area (Å²) in [4.78, 5) is 16.1. The lowest BCUT2D eigenvalue weighted by Gasteiger charge is -2.19. The molecule has 1 amide bonds. The number of rotatable bonds is 8. The number of alkyl carbamates (subject to hydrolysis) is 1. The summed E-state index contributed by atoms with van der Waals surface area (Å²) >= 11 is 0. The molecular formula is C18H31N5O4S. The minimum atomic E-state index is -3.68. The number of primary sulfonamides is 1. The molecule has 9 nitrogen and oxygen atoms in total. The van der Waals surface area contributed by atoms with Crippen LogP contribution in [-0.4, -0.2) is 52.3 Å². The second-order valence-electron chi connectivity index (χ2n) is 7.06. The number of aliphatic imine (C=N–C) groups is 1. The number of amides is 1. The zero-order chi connectivity index (χ0) is 21.2. The van der Waals surface area contributed by atoms with Gasteiger partial charge in [0.2, 0.25) is 10.0 Å². The Kier molecular flexibility index (Phi) is 9.20. The van der Waals surface area contributed by atoms with E-state index in [1.165, 1.54) is 12.1 Å². The molecule has 0 aliphatic heterocycles. The second-order valence-corrected chi connectivity index (χ2v) is 8.62. The fourth-order valence-electron chi connectivity index (χ4n) is 2.14. The Morgan fingerprint density at radius 1 is 1.11 bits per heavy atom. The van der Waals surface area contributed by atoms with Crippen molar-refractivity contribution >= 4 is 22.1 Å². The highest BCUT2D eigenvalue weighted by Gasteiger charge is 2.15. The maximum Gasteiger partial charge on any atom is 0.407 e. The Hall–Kier alpha value is -2.33. The number of ether oxygens (including phenoxy) is 1. The summed E-state index contributed by atoms with van der Waals surface area (Å²) in [6.45, 7) is 9.50. The molecule has 0 saturated heterocycles. The van der Waals surface area contributed by atoms with Gasteiger partial charge in [-0.3, -0.25) is 4.99 Å². The summed E-state index contributed by atoms with van der Waals surface area (Å²) in [5.74, 6) is 0.634. The molecule has 0 aliphatic rings. The lowest BCUT2D eigenvalue weighted by atomic mass is 10.1. The number of nitrogens with one attached hydrogen (secondary N) is 3. The van der Waals surface area contributed by atoms with E-state index in [0.29, 0.717) is 38.6 Å². The van der Waals surface area contributed by atoms with Crippen LogP contribution in [0.25, 0.3) is 0 Å². The van der Waals surface area contributed by atoms with Crippen LogP contribution in [0.2, 0.25) is 0 Å². The minimum Gasteiger partial charge on any atom is -0.444 e. The first-order valence-corrected chi connectivity index (χ1v) is 10.7. The van der Waals surface area contributed by atoms with E-state index in [1.807, 2.05) is 27.7 Å².